The molecule has 0 fully saturated rings. The van der Waals surface area contributed by atoms with Gasteiger partial charge >= 0.3 is 0 Å². The molecule has 0 saturated carbocycles. The molecule has 0 aliphatic carbocycles. The van der Waals surface area contributed by atoms with Crippen molar-refractivity contribution < 1.29 is 9.47 Å². The fraction of sp³-hybridized carbons (Fsp3) is 0.500. The van der Waals surface area contributed by atoms with Gasteiger partial charge < -0.3 is 15.2 Å². The second-order valence-corrected chi connectivity index (χ2v) is 3.57. The summed E-state index contributed by atoms with van der Waals surface area (Å²) in [4.78, 5) is 0. The molecule has 0 atom stereocenters. The number of methoxy groups -OCH3 is 2. The third-order valence-corrected chi connectivity index (χ3v) is 2.63. The summed E-state index contributed by atoms with van der Waals surface area (Å²) in [5.74, 6) is 1.77. The average Bonchev–Trinajstić information content (AvgIpc) is 2.23. The summed E-state index contributed by atoms with van der Waals surface area (Å²) in [5, 5.41) is 0. The molecule has 1 aromatic carbocycles. The van der Waals surface area contributed by atoms with Crippen molar-refractivity contribution in [2.24, 2.45) is 5.73 Å². The first-order chi connectivity index (χ1) is 7.15. The molecule has 0 unspecified atom stereocenters. The molecule has 0 aromatic heterocycles. The second kappa shape index (κ2) is 5.03. The number of nitrogens with two attached hydrogens (primary N) is 1. The van der Waals surface area contributed by atoms with E-state index in [1.165, 1.54) is 11.1 Å². The number of ether oxygens (including phenoxy) is 2. The SMILES string of the molecule is COc1cc(C)c(CCN)c(OC)c1C. The van der Waals surface area contributed by atoms with E-state index in [9.17, 15) is 0 Å². The molecule has 1 rings (SSSR count). The lowest BCUT2D eigenvalue weighted by Crippen LogP contribution is -2.07. The van der Waals surface area contributed by atoms with E-state index in [4.69, 9.17) is 15.2 Å². The van der Waals surface area contributed by atoms with Gasteiger partial charge in [-0.25, -0.2) is 0 Å². The fourth-order valence-corrected chi connectivity index (χ4v) is 1.85. The van der Waals surface area contributed by atoms with Crippen LogP contribution in [-0.4, -0.2) is 20.8 Å². The van der Waals surface area contributed by atoms with Crippen LogP contribution in [0.2, 0.25) is 0 Å². The third-order valence-electron chi connectivity index (χ3n) is 2.63. The maximum atomic E-state index is 5.59. The van der Waals surface area contributed by atoms with Crippen LogP contribution in [0.5, 0.6) is 11.5 Å². The summed E-state index contributed by atoms with van der Waals surface area (Å²) < 4.78 is 10.7. The van der Waals surface area contributed by atoms with E-state index in [1.54, 1.807) is 14.2 Å². The molecule has 0 heterocycles. The summed E-state index contributed by atoms with van der Waals surface area (Å²) in [5.41, 5.74) is 8.97. The summed E-state index contributed by atoms with van der Waals surface area (Å²) in [6, 6.07) is 2.03. The van der Waals surface area contributed by atoms with E-state index in [0.717, 1.165) is 23.5 Å². The number of benzene rings is 1. The Hall–Kier alpha value is -1.22. The summed E-state index contributed by atoms with van der Waals surface area (Å²) >= 11 is 0. The Kier molecular flexibility index (Phi) is 3.97. The standard InChI is InChI=1S/C12H19NO2/c1-8-7-11(14-3)9(2)12(15-4)10(8)5-6-13/h7H,5-6,13H2,1-4H3. The molecular formula is C12H19NO2. The predicted octanol–water partition coefficient (Wildman–Crippen LogP) is 1.82. The summed E-state index contributed by atoms with van der Waals surface area (Å²) in [7, 11) is 3.35. The normalized spacial score (nSPS) is 10.2. The monoisotopic (exact) mass is 209 g/mol. The summed E-state index contributed by atoms with van der Waals surface area (Å²) in [6.07, 6.45) is 0.833. The van der Waals surface area contributed by atoms with Gasteiger partial charge in [0.25, 0.3) is 0 Å². The van der Waals surface area contributed by atoms with Gasteiger partial charge in [-0.3, -0.25) is 0 Å². The molecule has 15 heavy (non-hydrogen) atoms. The molecule has 1 aromatic rings. The molecule has 0 bridgehead atoms. The molecule has 2 N–H and O–H groups in total. The molecule has 0 amide bonds. The van der Waals surface area contributed by atoms with Crippen LogP contribution < -0.4 is 15.2 Å². The number of hydrogen-bond donors (Lipinski definition) is 1. The van der Waals surface area contributed by atoms with Crippen LogP contribution in [0.1, 0.15) is 16.7 Å². The first-order valence-corrected chi connectivity index (χ1v) is 5.06. The van der Waals surface area contributed by atoms with Gasteiger partial charge in [0.1, 0.15) is 11.5 Å². The van der Waals surface area contributed by atoms with E-state index in [-0.39, 0.29) is 0 Å². The van der Waals surface area contributed by atoms with Crippen LogP contribution >= 0.6 is 0 Å². The van der Waals surface area contributed by atoms with Crippen molar-refractivity contribution in [2.45, 2.75) is 20.3 Å². The fourth-order valence-electron chi connectivity index (χ4n) is 1.85. The topological polar surface area (TPSA) is 44.5 Å². The molecule has 0 spiro atoms. The van der Waals surface area contributed by atoms with E-state index >= 15 is 0 Å². The zero-order chi connectivity index (χ0) is 11.4. The lowest BCUT2D eigenvalue weighted by atomic mass is 10.00. The van der Waals surface area contributed by atoms with Crippen molar-refractivity contribution in [1.82, 2.24) is 0 Å². The average molecular weight is 209 g/mol. The largest absolute Gasteiger partial charge is 0.496 e. The molecular weight excluding hydrogens is 190 g/mol. The summed E-state index contributed by atoms with van der Waals surface area (Å²) in [6.45, 7) is 4.68. The van der Waals surface area contributed by atoms with E-state index < -0.39 is 0 Å². The Morgan fingerprint density at radius 1 is 1.20 bits per heavy atom. The van der Waals surface area contributed by atoms with Gasteiger partial charge in [-0.05, 0) is 44.0 Å². The highest BCUT2D eigenvalue weighted by molar-refractivity contribution is 5.53. The molecule has 0 saturated heterocycles. The molecule has 3 nitrogen and oxygen atoms in total. The van der Waals surface area contributed by atoms with Crippen molar-refractivity contribution >= 4 is 0 Å². The highest BCUT2D eigenvalue weighted by atomic mass is 16.5. The highest BCUT2D eigenvalue weighted by Crippen LogP contribution is 2.34. The van der Waals surface area contributed by atoms with Crippen LogP contribution in [0, 0.1) is 13.8 Å². The quantitative estimate of drug-likeness (QED) is 0.822. The number of hydrogen-bond acceptors (Lipinski definition) is 3. The number of aryl methyl sites for hydroxylation is 1. The van der Waals surface area contributed by atoms with Crippen molar-refractivity contribution in [3.63, 3.8) is 0 Å². The maximum absolute atomic E-state index is 5.59. The lowest BCUT2D eigenvalue weighted by molar-refractivity contribution is 0.385. The minimum atomic E-state index is 0.628. The molecule has 3 heteroatoms. The van der Waals surface area contributed by atoms with Crippen molar-refractivity contribution in [2.75, 3.05) is 20.8 Å². The van der Waals surface area contributed by atoms with Crippen molar-refractivity contribution in [3.05, 3.63) is 22.8 Å². The first-order valence-electron chi connectivity index (χ1n) is 5.06. The zero-order valence-electron chi connectivity index (χ0n) is 9.89. The van der Waals surface area contributed by atoms with Crippen LogP contribution in [-0.2, 0) is 6.42 Å². The van der Waals surface area contributed by atoms with Gasteiger partial charge in [-0.2, -0.15) is 0 Å². The number of rotatable bonds is 4. The van der Waals surface area contributed by atoms with E-state index in [2.05, 4.69) is 6.92 Å². The van der Waals surface area contributed by atoms with Gasteiger partial charge in [-0.1, -0.05) is 0 Å². The molecule has 0 radical (unpaired) electrons. The van der Waals surface area contributed by atoms with Gasteiger partial charge in [0.15, 0.2) is 0 Å². The van der Waals surface area contributed by atoms with Crippen LogP contribution in [0.25, 0.3) is 0 Å². The highest BCUT2D eigenvalue weighted by Gasteiger charge is 2.13. The lowest BCUT2D eigenvalue weighted by Gasteiger charge is -2.16. The Balaban J connectivity index is 3.32. The van der Waals surface area contributed by atoms with Crippen molar-refractivity contribution in [3.8, 4) is 11.5 Å². The van der Waals surface area contributed by atoms with Crippen LogP contribution in [0.3, 0.4) is 0 Å². The first kappa shape index (κ1) is 11.9. The van der Waals surface area contributed by atoms with E-state index in [0.29, 0.717) is 6.54 Å². The molecule has 0 aliphatic heterocycles. The van der Waals surface area contributed by atoms with Gasteiger partial charge in [0.2, 0.25) is 0 Å². The smallest absolute Gasteiger partial charge is 0.128 e. The second-order valence-electron chi connectivity index (χ2n) is 3.57. The Labute approximate surface area is 91.2 Å². The Morgan fingerprint density at radius 3 is 2.33 bits per heavy atom. The van der Waals surface area contributed by atoms with Gasteiger partial charge in [0.05, 0.1) is 14.2 Å². The maximum Gasteiger partial charge on any atom is 0.128 e. The van der Waals surface area contributed by atoms with Gasteiger partial charge in [0, 0.05) is 5.56 Å². The van der Waals surface area contributed by atoms with Crippen LogP contribution in [0.15, 0.2) is 6.07 Å². The van der Waals surface area contributed by atoms with Crippen molar-refractivity contribution in [1.29, 1.82) is 0 Å². The minimum absolute atomic E-state index is 0.628. The Bertz CT molecular complexity index is 348. The van der Waals surface area contributed by atoms with E-state index in [1.807, 2.05) is 13.0 Å². The third kappa shape index (κ3) is 2.23. The molecule has 84 valence electrons. The predicted molar refractivity (Wildman–Crippen MR) is 61.8 cm³/mol. The minimum Gasteiger partial charge on any atom is -0.496 e. The van der Waals surface area contributed by atoms with Gasteiger partial charge in [-0.15, -0.1) is 0 Å². The molecule has 0 aliphatic rings. The van der Waals surface area contributed by atoms with Crippen LogP contribution in [0.4, 0.5) is 0 Å². The Morgan fingerprint density at radius 2 is 1.87 bits per heavy atom. The zero-order valence-corrected chi connectivity index (χ0v) is 9.89.